The Morgan fingerprint density at radius 3 is 2.24 bits per heavy atom. The van der Waals surface area contributed by atoms with Crippen LogP contribution in [0.3, 0.4) is 0 Å². The lowest BCUT2D eigenvalue weighted by Crippen LogP contribution is -2.57. The van der Waals surface area contributed by atoms with E-state index in [4.69, 9.17) is 9.47 Å². The first-order valence-electron chi connectivity index (χ1n) is 7.99. The monoisotopic (exact) mass is 356 g/mol. The van der Waals surface area contributed by atoms with Gasteiger partial charge in [-0.2, -0.15) is 0 Å². The van der Waals surface area contributed by atoms with E-state index in [-0.39, 0.29) is 30.5 Å². The number of benzene rings is 1. The predicted molar refractivity (Wildman–Crippen MR) is 86.1 cm³/mol. The highest BCUT2D eigenvalue weighted by atomic mass is 19.2. The first-order chi connectivity index (χ1) is 12.0. The molecule has 0 aliphatic carbocycles. The lowest BCUT2D eigenvalue weighted by molar-refractivity contribution is -0.141. The first kappa shape index (κ1) is 19.3. The van der Waals surface area contributed by atoms with Gasteiger partial charge in [0.2, 0.25) is 5.91 Å². The van der Waals surface area contributed by atoms with Crippen molar-refractivity contribution in [1.82, 2.24) is 9.80 Å². The molecule has 8 heteroatoms. The SMILES string of the molecule is COCCN(CCOC)C(=O)C1CN(C(=O)c2ccc(F)c(F)c2)C1. The van der Waals surface area contributed by atoms with Crippen molar-refractivity contribution in [2.75, 3.05) is 53.6 Å². The molecule has 1 heterocycles. The van der Waals surface area contributed by atoms with Gasteiger partial charge in [-0.25, -0.2) is 8.78 Å². The van der Waals surface area contributed by atoms with Gasteiger partial charge in [0.15, 0.2) is 11.6 Å². The van der Waals surface area contributed by atoms with Crippen molar-refractivity contribution in [3.8, 4) is 0 Å². The molecular formula is C17H22F2N2O4. The third kappa shape index (κ3) is 4.73. The largest absolute Gasteiger partial charge is 0.383 e. The van der Waals surface area contributed by atoms with E-state index in [1.807, 2.05) is 0 Å². The molecule has 1 fully saturated rings. The maximum absolute atomic E-state index is 13.2. The number of amides is 2. The van der Waals surface area contributed by atoms with Crippen molar-refractivity contribution in [3.05, 3.63) is 35.4 Å². The summed E-state index contributed by atoms with van der Waals surface area (Å²) < 4.78 is 36.2. The van der Waals surface area contributed by atoms with E-state index in [9.17, 15) is 18.4 Å². The van der Waals surface area contributed by atoms with Crippen molar-refractivity contribution in [1.29, 1.82) is 0 Å². The van der Waals surface area contributed by atoms with Crippen LogP contribution in [-0.2, 0) is 14.3 Å². The molecule has 0 aromatic heterocycles. The molecule has 0 unspecified atom stereocenters. The zero-order valence-corrected chi connectivity index (χ0v) is 14.3. The van der Waals surface area contributed by atoms with Crippen LogP contribution in [-0.4, -0.2) is 75.2 Å². The molecule has 25 heavy (non-hydrogen) atoms. The number of carbonyl (C=O) groups is 2. The molecular weight excluding hydrogens is 334 g/mol. The Bertz CT molecular complexity index is 613. The van der Waals surface area contributed by atoms with Crippen LogP contribution in [0.4, 0.5) is 8.78 Å². The van der Waals surface area contributed by atoms with Crippen molar-refractivity contribution < 1.29 is 27.8 Å². The van der Waals surface area contributed by atoms with Gasteiger partial charge in [-0.15, -0.1) is 0 Å². The van der Waals surface area contributed by atoms with Crippen LogP contribution < -0.4 is 0 Å². The summed E-state index contributed by atoms with van der Waals surface area (Å²) in [5.41, 5.74) is 0.0698. The second-order valence-corrected chi connectivity index (χ2v) is 5.85. The van der Waals surface area contributed by atoms with Crippen LogP contribution in [0.2, 0.25) is 0 Å². The van der Waals surface area contributed by atoms with E-state index in [1.54, 1.807) is 19.1 Å². The standard InChI is InChI=1S/C17H22F2N2O4/c1-24-7-5-20(6-8-25-2)17(23)13-10-21(11-13)16(22)12-3-4-14(18)15(19)9-12/h3-4,9,13H,5-8,10-11H2,1-2H3. The summed E-state index contributed by atoms with van der Waals surface area (Å²) in [6, 6.07) is 3.03. The normalized spacial score (nSPS) is 14.3. The van der Waals surface area contributed by atoms with Gasteiger partial charge in [0.1, 0.15) is 0 Å². The van der Waals surface area contributed by atoms with E-state index in [1.165, 1.54) is 11.0 Å². The fourth-order valence-electron chi connectivity index (χ4n) is 2.61. The number of hydrogen-bond donors (Lipinski definition) is 0. The van der Waals surface area contributed by atoms with Crippen LogP contribution in [0.25, 0.3) is 0 Å². The van der Waals surface area contributed by atoms with Crippen molar-refractivity contribution in [2.45, 2.75) is 0 Å². The van der Waals surface area contributed by atoms with E-state index < -0.39 is 17.5 Å². The van der Waals surface area contributed by atoms with Gasteiger partial charge < -0.3 is 19.3 Å². The van der Waals surface area contributed by atoms with Crippen LogP contribution in [0, 0.1) is 17.6 Å². The number of nitrogens with zero attached hydrogens (tertiary/aromatic N) is 2. The van der Waals surface area contributed by atoms with Gasteiger partial charge in [0.05, 0.1) is 19.1 Å². The topological polar surface area (TPSA) is 59.1 Å². The zero-order valence-electron chi connectivity index (χ0n) is 14.3. The Labute approximate surface area is 145 Å². The number of likely N-dealkylation sites (tertiary alicyclic amines) is 1. The lowest BCUT2D eigenvalue weighted by atomic mass is 9.97. The first-order valence-corrected chi connectivity index (χ1v) is 7.99. The smallest absolute Gasteiger partial charge is 0.254 e. The van der Waals surface area contributed by atoms with Crippen molar-refractivity contribution >= 4 is 11.8 Å². The van der Waals surface area contributed by atoms with Crippen LogP contribution in [0.5, 0.6) is 0 Å². The number of carbonyl (C=O) groups excluding carboxylic acids is 2. The molecule has 1 aliphatic rings. The number of ether oxygens (including phenoxy) is 2. The second kappa shape index (κ2) is 8.87. The summed E-state index contributed by atoms with van der Waals surface area (Å²) in [6.45, 7) is 2.25. The molecule has 6 nitrogen and oxygen atoms in total. The Morgan fingerprint density at radius 2 is 1.72 bits per heavy atom. The predicted octanol–water partition coefficient (Wildman–Crippen LogP) is 1.16. The van der Waals surface area contributed by atoms with E-state index in [2.05, 4.69) is 0 Å². The summed E-state index contributed by atoms with van der Waals surface area (Å²) in [5.74, 6) is -2.85. The molecule has 0 saturated carbocycles. The summed E-state index contributed by atoms with van der Waals surface area (Å²) >= 11 is 0. The molecule has 0 atom stereocenters. The highest BCUT2D eigenvalue weighted by molar-refractivity contribution is 5.96. The summed E-state index contributed by atoms with van der Waals surface area (Å²) in [6.07, 6.45) is 0. The third-order valence-electron chi connectivity index (χ3n) is 4.13. The van der Waals surface area contributed by atoms with Crippen LogP contribution in [0.1, 0.15) is 10.4 Å². The van der Waals surface area contributed by atoms with Gasteiger partial charge in [0.25, 0.3) is 5.91 Å². The summed E-state index contributed by atoms with van der Waals surface area (Å²) in [7, 11) is 3.12. The molecule has 138 valence electrons. The molecule has 1 saturated heterocycles. The molecule has 1 aromatic rings. The molecule has 1 aliphatic heterocycles. The van der Waals surface area contributed by atoms with Gasteiger partial charge in [-0.05, 0) is 18.2 Å². The minimum Gasteiger partial charge on any atom is -0.383 e. The fraction of sp³-hybridized carbons (Fsp3) is 0.529. The quantitative estimate of drug-likeness (QED) is 0.701. The number of rotatable bonds is 8. The van der Waals surface area contributed by atoms with Gasteiger partial charge in [-0.1, -0.05) is 0 Å². The number of hydrogen-bond acceptors (Lipinski definition) is 4. The molecule has 2 amide bonds. The Kier molecular flexibility index (Phi) is 6.83. The maximum Gasteiger partial charge on any atom is 0.254 e. The summed E-state index contributed by atoms with van der Waals surface area (Å²) in [5, 5.41) is 0. The Hall–Kier alpha value is -2.06. The average Bonchev–Trinajstić information content (AvgIpc) is 2.55. The molecule has 1 aromatic carbocycles. The van der Waals surface area contributed by atoms with E-state index in [0.717, 1.165) is 12.1 Å². The number of halogens is 2. The Balaban J connectivity index is 1.91. The van der Waals surface area contributed by atoms with Crippen molar-refractivity contribution in [2.24, 2.45) is 5.92 Å². The van der Waals surface area contributed by atoms with Crippen LogP contribution >= 0.6 is 0 Å². The molecule has 0 bridgehead atoms. The molecule has 2 rings (SSSR count). The van der Waals surface area contributed by atoms with Crippen LogP contribution in [0.15, 0.2) is 18.2 Å². The summed E-state index contributed by atoms with van der Waals surface area (Å²) in [4.78, 5) is 27.8. The third-order valence-corrected chi connectivity index (χ3v) is 4.13. The maximum atomic E-state index is 13.2. The lowest BCUT2D eigenvalue weighted by Gasteiger charge is -2.40. The average molecular weight is 356 g/mol. The zero-order chi connectivity index (χ0) is 18.4. The van der Waals surface area contributed by atoms with E-state index in [0.29, 0.717) is 26.3 Å². The molecule has 0 spiro atoms. The second-order valence-electron chi connectivity index (χ2n) is 5.85. The fourth-order valence-corrected chi connectivity index (χ4v) is 2.61. The highest BCUT2D eigenvalue weighted by Gasteiger charge is 2.38. The van der Waals surface area contributed by atoms with Gasteiger partial charge in [-0.3, -0.25) is 9.59 Å². The van der Waals surface area contributed by atoms with Crippen molar-refractivity contribution in [3.63, 3.8) is 0 Å². The van der Waals surface area contributed by atoms with E-state index >= 15 is 0 Å². The van der Waals surface area contributed by atoms with Gasteiger partial charge in [0, 0.05) is 46.0 Å². The Morgan fingerprint density at radius 1 is 1.12 bits per heavy atom. The minimum atomic E-state index is -1.07. The van der Waals surface area contributed by atoms with Gasteiger partial charge >= 0.3 is 0 Å². The minimum absolute atomic E-state index is 0.0663. The molecule has 0 radical (unpaired) electrons. The number of methoxy groups -OCH3 is 2. The highest BCUT2D eigenvalue weighted by Crippen LogP contribution is 2.21. The molecule has 0 N–H and O–H groups in total.